The lowest BCUT2D eigenvalue weighted by molar-refractivity contribution is 0.187. The minimum Gasteiger partial charge on any atom is -0.443 e. The second kappa shape index (κ2) is 3.16. The fourth-order valence-corrected chi connectivity index (χ4v) is 1.22. The van der Waals surface area contributed by atoms with E-state index in [0.717, 1.165) is 11.1 Å². The van der Waals surface area contributed by atoms with Gasteiger partial charge in [-0.1, -0.05) is 6.07 Å². The smallest absolute Gasteiger partial charge is 0.181 e. The molecule has 2 rings (SSSR count). The summed E-state index contributed by atoms with van der Waals surface area (Å²) in [5.74, 6) is 0. The number of benzene rings is 1. The summed E-state index contributed by atoms with van der Waals surface area (Å²) in [6, 6.07) is 5.33. The van der Waals surface area contributed by atoms with Crippen molar-refractivity contribution in [3.8, 4) is 0 Å². The fraction of sp³-hybridized carbons (Fsp3) is 0.222. The minimum atomic E-state index is -0.624. The van der Waals surface area contributed by atoms with Crippen molar-refractivity contribution < 1.29 is 9.52 Å². The molecule has 0 amide bonds. The van der Waals surface area contributed by atoms with Crippen LogP contribution in [-0.4, -0.2) is 16.6 Å². The largest absolute Gasteiger partial charge is 0.443 e. The normalized spacial score (nSPS) is 13.4. The molecule has 1 aromatic heterocycles. The van der Waals surface area contributed by atoms with Crippen LogP contribution in [0.2, 0.25) is 0 Å². The first-order valence-electron chi connectivity index (χ1n) is 4.02. The average molecular weight is 178 g/mol. The zero-order valence-electron chi connectivity index (χ0n) is 6.97. The third kappa shape index (κ3) is 1.41. The molecule has 1 atom stereocenters. The second-order valence-electron chi connectivity index (χ2n) is 2.83. The number of fused-ring (bicyclic) bond motifs is 1. The summed E-state index contributed by atoms with van der Waals surface area (Å²) in [5.41, 5.74) is 7.55. The summed E-state index contributed by atoms with van der Waals surface area (Å²) in [5, 5.41) is 9.44. The first kappa shape index (κ1) is 8.22. The quantitative estimate of drug-likeness (QED) is 0.714. The molecule has 0 aliphatic carbocycles. The maximum absolute atomic E-state index is 9.44. The predicted octanol–water partition coefficient (Wildman–Crippen LogP) is 0.820. The summed E-state index contributed by atoms with van der Waals surface area (Å²) in [6.07, 6.45) is 0.754. The highest BCUT2D eigenvalue weighted by Crippen LogP contribution is 2.18. The van der Waals surface area contributed by atoms with Crippen molar-refractivity contribution in [2.24, 2.45) is 5.73 Å². The molecule has 0 radical (unpaired) electrons. The summed E-state index contributed by atoms with van der Waals surface area (Å²) < 4.78 is 5.06. The third-order valence-electron chi connectivity index (χ3n) is 1.96. The van der Waals surface area contributed by atoms with E-state index in [1.807, 2.05) is 0 Å². The summed E-state index contributed by atoms with van der Waals surface area (Å²) in [6.45, 7) is 0.212. The molecule has 4 nitrogen and oxygen atoms in total. The molecule has 0 saturated carbocycles. The van der Waals surface area contributed by atoms with Gasteiger partial charge in [-0.15, -0.1) is 0 Å². The molecular formula is C9H10N2O2. The summed E-state index contributed by atoms with van der Waals surface area (Å²) in [7, 11) is 0. The lowest BCUT2D eigenvalue weighted by Gasteiger charge is -2.06. The van der Waals surface area contributed by atoms with Crippen LogP contribution >= 0.6 is 0 Å². The fourth-order valence-electron chi connectivity index (χ4n) is 1.22. The average Bonchev–Trinajstić information content (AvgIpc) is 2.63. The number of rotatable bonds is 2. The van der Waals surface area contributed by atoms with Gasteiger partial charge in [0.1, 0.15) is 5.52 Å². The van der Waals surface area contributed by atoms with Crippen molar-refractivity contribution >= 4 is 11.1 Å². The Bertz CT molecular complexity index is 411. The Morgan fingerprint density at radius 2 is 2.38 bits per heavy atom. The van der Waals surface area contributed by atoms with Crippen LogP contribution in [-0.2, 0) is 0 Å². The summed E-state index contributed by atoms with van der Waals surface area (Å²) in [4.78, 5) is 3.98. The molecule has 2 aromatic rings. The number of aliphatic hydroxyl groups excluding tert-OH is 1. The van der Waals surface area contributed by atoms with Gasteiger partial charge in [0, 0.05) is 6.54 Å². The van der Waals surface area contributed by atoms with Crippen LogP contribution in [0.25, 0.3) is 11.1 Å². The first-order chi connectivity index (χ1) is 6.31. The Morgan fingerprint density at radius 1 is 1.54 bits per heavy atom. The Balaban J connectivity index is 2.48. The van der Waals surface area contributed by atoms with E-state index < -0.39 is 6.10 Å². The second-order valence-corrected chi connectivity index (χ2v) is 2.83. The third-order valence-corrected chi connectivity index (χ3v) is 1.96. The standard InChI is InChI=1S/C9H10N2O2/c10-4-8(12)6-1-2-9-7(3-6)11-5-13-9/h1-3,5,8,12H,4,10H2. The van der Waals surface area contributed by atoms with Gasteiger partial charge >= 0.3 is 0 Å². The number of nitrogens with zero attached hydrogens (tertiary/aromatic N) is 1. The molecule has 1 aromatic carbocycles. The SMILES string of the molecule is NCC(O)c1ccc2ocnc2c1. The van der Waals surface area contributed by atoms with Crippen LogP contribution in [0.3, 0.4) is 0 Å². The van der Waals surface area contributed by atoms with Gasteiger partial charge < -0.3 is 15.3 Å². The molecule has 3 N–H and O–H groups in total. The number of aliphatic hydroxyl groups is 1. The van der Waals surface area contributed by atoms with E-state index in [4.69, 9.17) is 10.2 Å². The number of hydrogen-bond acceptors (Lipinski definition) is 4. The van der Waals surface area contributed by atoms with Gasteiger partial charge in [0.15, 0.2) is 12.0 Å². The number of oxazole rings is 1. The highest BCUT2D eigenvalue weighted by atomic mass is 16.3. The van der Waals surface area contributed by atoms with Crippen LogP contribution in [0.5, 0.6) is 0 Å². The van der Waals surface area contributed by atoms with Crippen molar-refractivity contribution in [3.63, 3.8) is 0 Å². The van der Waals surface area contributed by atoms with Crippen molar-refractivity contribution in [1.82, 2.24) is 4.98 Å². The van der Waals surface area contributed by atoms with Crippen molar-refractivity contribution in [3.05, 3.63) is 30.2 Å². The van der Waals surface area contributed by atoms with Crippen molar-refractivity contribution in [2.75, 3.05) is 6.54 Å². The molecule has 0 aliphatic rings. The summed E-state index contributed by atoms with van der Waals surface area (Å²) >= 11 is 0. The van der Waals surface area contributed by atoms with Gasteiger partial charge in [-0.25, -0.2) is 4.98 Å². The van der Waals surface area contributed by atoms with E-state index in [1.54, 1.807) is 18.2 Å². The predicted molar refractivity (Wildman–Crippen MR) is 48.0 cm³/mol. The van der Waals surface area contributed by atoms with Crippen LogP contribution in [0, 0.1) is 0 Å². The van der Waals surface area contributed by atoms with Crippen LogP contribution < -0.4 is 5.73 Å². The van der Waals surface area contributed by atoms with Gasteiger partial charge in [-0.2, -0.15) is 0 Å². The molecule has 1 unspecified atom stereocenters. The van der Waals surface area contributed by atoms with Crippen molar-refractivity contribution in [2.45, 2.75) is 6.10 Å². The number of aromatic nitrogens is 1. The molecule has 0 fully saturated rings. The lowest BCUT2D eigenvalue weighted by Crippen LogP contribution is -2.11. The number of hydrogen-bond donors (Lipinski definition) is 2. The highest BCUT2D eigenvalue weighted by molar-refractivity contribution is 5.72. The molecule has 0 saturated heterocycles. The number of nitrogens with two attached hydrogens (primary N) is 1. The Labute approximate surface area is 75.0 Å². The van der Waals surface area contributed by atoms with Crippen molar-refractivity contribution in [1.29, 1.82) is 0 Å². The highest BCUT2D eigenvalue weighted by Gasteiger charge is 2.06. The van der Waals surface area contributed by atoms with Gasteiger partial charge in [0.2, 0.25) is 0 Å². The van der Waals surface area contributed by atoms with E-state index in [9.17, 15) is 5.11 Å². The molecule has 0 spiro atoms. The van der Waals surface area contributed by atoms with Crippen LogP contribution in [0.4, 0.5) is 0 Å². The van der Waals surface area contributed by atoms with Gasteiger partial charge in [-0.3, -0.25) is 0 Å². The Hall–Kier alpha value is -1.39. The Kier molecular flexibility index (Phi) is 2.00. The molecule has 4 heteroatoms. The van der Waals surface area contributed by atoms with E-state index in [1.165, 1.54) is 6.39 Å². The zero-order valence-corrected chi connectivity index (χ0v) is 6.97. The van der Waals surface area contributed by atoms with Crippen LogP contribution in [0.1, 0.15) is 11.7 Å². The van der Waals surface area contributed by atoms with E-state index in [0.29, 0.717) is 5.58 Å². The molecule has 0 bridgehead atoms. The van der Waals surface area contributed by atoms with Gasteiger partial charge in [0.25, 0.3) is 0 Å². The zero-order chi connectivity index (χ0) is 9.26. The lowest BCUT2D eigenvalue weighted by atomic mass is 10.1. The first-order valence-corrected chi connectivity index (χ1v) is 4.02. The molecule has 0 aliphatic heterocycles. The molecular weight excluding hydrogens is 168 g/mol. The maximum atomic E-state index is 9.44. The Morgan fingerprint density at radius 3 is 3.15 bits per heavy atom. The molecule has 68 valence electrons. The molecule has 13 heavy (non-hydrogen) atoms. The van der Waals surface area contributed by atoms with Gasteiger partial charge in [0.05, 0.1) is 6.10 Å². The maximum Gasteiger partial charge on any atom is 0.181 e. The van der Waals surface area contributed by atoms with E-state index in [2.05, 4.69) is 4.98 Å². The van der Waals surface area contributed by atoms with E-state index in [-0.39, 0.29) is 6.54 Å². The van der Waals surface area contributed by atoms with E-state index >= 15 is 0 Å². The topological polar surface area (TPSA) is 72.3 Å². The van der Waals surface area contributed by atoms with Crippen LogP contribution in [0.15, 0.2) is 29.0 Å². The minimum absolute atomic E-state index is 0.212. The monoisotopic (exact) mass is 178 g/mol. The molecule has 1 heterocycles. The van der Waals surface area contributed by atoms with Gasteiger partial charge in [-0.05, 0) is 17.7 Å².